The minimum Gasteiger partial charge on any atom is -0.488 e. The number of hydrogen-bond donors (Lipinski definition) is 1. The Labute approximate surface area is 83.1 Å². The summed E-state index contributed by atoms with van der Waals surface area (Å²) in [6, 6.07) is 7.07. The molecule has 2 unspecified atom stereocenters. The summed E-state index contributed by atoms with van der Waals surface area (Å²) in [5, 5.41) is 9.86. The van der Waals surface area contributed by atoms with E-state index >= 15 is 0 Å². The molecule has 0 aliphatic carbocycles. The topological polar surface area (TPSA) is 29.5 Å². The van der Waals surface area contributed by atoms with Crippen molar-refractivity contribution in [3.63, 3.8) is 0 Å². The predicted molar refractivity (Wildman–Crippen MR) is 53.2 cm³/mol. The monoisotopic (exact) mass is 200 g/mol. The van der Waals surface area contributed by atoms with Crippen LogP contribution in [0.5, 0.6) is 5.75 Å². The molecule has 0 amide bonds. The lowest BCUT2D eigenvalue weighted by atomic mass is 10.2. The summed E-state index contributed by atoms with van der Waals surface area (Å²) in [6.07, 6.45) is -0.683. The maximum atomic E-state index is 9.19. The zero-order valence-electron chi connectivity index (χ0n) is 7.70. The summed E-state index contributed by atoms with van der Waals surface area (Å²) in [7, 11) is 0. The van der Waals surface area contributed by atoms with E-state index in [1.54, 1.807) is 31.2 Å². The smallest absolute Gasteiger partial charge is 0.121 e. The zero-order valence-corrected chi connectivity index (χ0v) is 8.45. The fraction of sp³-hybridized carbons (Fsp3) is 0.400. The Morgan fingerprint density at radius 2 is 1.77 bits per heavy atom. The largest absolute Gasteiger partial charge is 0.488 e. The van der Waals surface area contributed by atoms with Gasteiger partial charge in [-0.15, -0.1) is 0 Å². The van der Waals surface area contributed by atoms with E-state index in [1.807, 2.05) is 6.92 Å². The normalized spacial score (nSPS) is 15.1. The van der Waals surface area contributed by atoms with Gasteiger partial charge in [0.05, 0.1) is 6.10 Å². The third kappa shape index (κ3) is 3.25. The van der Waals surface area contributed by atoms with Crippen LogP contribution in [0, 0.1) is 0 Å². The SMILES string of the molecule is CC(O)C(C)Oc1ccc(Cl)cc1. The van der Waals surface area contributed by atoms with Crippen molar-refractivity contribution < 1.29 is 9.84 Å². The second kappa shape index (κ2) is 4.49. The van der Waals surface area contributed by atoms with Gasteiger partial charge in [-0.2, -0.15) is 0 Å². The number of ether oxygens (including phenoxy) is 1. The first-order chi connectivity index (χ1) is 6.09. The predicted octanol–water partition coefficient (Wildman–Crippen LogP) is 2.49. The summed E-state index contributed by atoms with van der Waals surface area (Å²) in [6.45, 7) is 3.51. The Kier molecular flexibility index (Phi) is 3.58. The summed E-state index contributed by atoms with van der Waals surface area (Å²) in [5.74, 6) is 0.720. The van der Waals surface area contributed by atoms with E-state index in [2.05, 4.69) is 0 Å². The number of aliphatic hydroxyl groups excluding tert-OH is 1. The summed E-state index contributed by atoms with van der Waals surface area (Å²) < 4.78 is 5.42. The highest BCUT2D eigenvalue weighted by Crippen LogP contribution is 2.17. The van der Waals surface area contributed by atoms with Crippen molar-refractivity contribution in [3.05, 3.63) is 29.3 Å². The summed E-state index contributed by atoms with van der Waals surface area (Å²) >= 11 is 5.71. The quantitative estimate of drug-likeness (QED) is 0.813. The Balaban J connectivity index is 2.59. The average molecular weight is 201 g/mol. The maximum Gasteiger partial charge on any atom is 0.121 e. The average Bonchev–Trinajstić information content (AvgIpc) is 2.08. The van der Waals surface area contributed by atoms with Crippen LogP contribution in [0.4, 0.5) is 0 Å². The van der Waals surface area contributed by atoms with Crippen LogP contribution < -0.4 is 4.74 Å². The van der Waals surface area contributed by atoms with Crippen molar-refractivity contribution in [2.75, 3.05) is 0 Å². The molecule has 1 rings (SSSR count). The number of halogens is 1. The number of aliphatic hydroxyl groups is 1. The highest BCUT2D eigenvalue weighted by atomic mass is 35.5. The molecule has 1 N–H and O–H groups in total. The molecular weight excluding hydrogens is 188 g/mol. The third-order valence-corrected chi connectivity index (χ3v) is 2.07. The first-order valence-corrected chi connectivity index (χ1v) is 4.57. The fourth-order valence-electron chi connectivity index (χ4n) is 0.826. The van der Waals surface area contributed by atoms with Crippen molar-refractivity contribution in [2.45, 2.75) is 26.1 Å². The van der Waals surface area contributed by atoms with E-state index in [4.69, 9.17) is 16.3 Å². The first kappa shape index (κ1) is 10.4. The second-order valence-electron chi connectivity index (χ2n) is 3.02. The Morgan fingerprint density at radius 1 is 1.23 bits per heavy atom. The molecule has 0 heterocycles. The Hall–Kier alpha value is -0.730. The first-order valence-electron chi connectivity index (χ1n) is 4.20. The van der Waals surface area contributed by atoms with E-state index in [9.17, 15) is 5.11 Å². The minimum absolute atomic E-state index is 0.207. The molecule has 3 heteroatoms. The lowest BCUT2D eigenvalue weighted by Crippen LogP contribution is -2.25. The van der Waals surface area contributed by atoms with Crippen LogP contribution in [0.15, 0.2) is 24.3 Å². The standard InChI is InChI=1S/C10H13ClO2/c1-7(12)8(2)13-10-5-3-9(11)4-6-10/h3-8,12H,1-2H3. The van der Waals surface area contributed by atoms with Gasteiger partial charge < -0.3 is 9.84 Å². The van der Waals surface area contributed by atoms with Crippen LogP contribution in [-0.4, -0.2) is 17.3 Å². The lowest BCUT2D eigenvalue weighted by Gasteiger charge is -2.16. The molecule has 0 aliphatic heterocycles. The molecule has 0 saturated heterocycles. The molecule has 0 fully saturated rings. The second-order valence-corrected chi connectivity index (χ2v) is 3.45. The van der Waals surface area contributed by atoms with Gasteiger partial charge in [0.1, 0.15) is 11.9 Å². The highest BCUT2D eigenvalue weighted by molar-refractivity contribution is 6.30. The van der Waals surface area contributed by atoms with Crippen LogP contribution in [0.2, 0.25) is 5.02 Å². The van der Waals surface area contributed by atoms with Crippen LogP contribution in [-0.2, 0) is 0 Å². The van der Waals surface area contributed by atoms with Crippen molar-refractivity contribution >= 4 is 11.6 Å². The Bertz CT molecular complexity index is 256. The molecule has 0 aromatic heterocycles. The van der Waals surface area contributed by atoms with Crippen LogP contribution in [0.1, 0.15) is 13.8 Å². The minimum atomic E-state index is -0.476. The van der Waals surface area contributed by atoms with Crippen molar-refractivity contribution in [3.8, 4) is 5.75 Å². The highest BCUT2D eigenvalue weighted by Gasteiger charge is 2.09. The lowest BCUT2D eigenvalue weighted by molar-refractivity contribution is 0.0604. The molecule has 0 aliphatic rings. The molecule has 1 aromatic carbocycles. The molecule has 0 radical (unpaired) electrons. The van der Waals surface area contributed by atoms with Crippen molar-refractivity contribution in [2.24, 2.45) is 0 Å². The number of hydrogen-bond acceptors (Lipinski definition) is 2. The van der Waals surface area contributed by atoms with Gasteiger partial charge in [-0.1, -0.05) is 11.6 Å². The summed E-state index contributed by atoms with van der Waals surface area (Å²) in [5.41, 5.74) is 0. The summed E-state index contributed by atoms with van der Waals surface area (Å²) in [4.78, 5) is 0. The van der Waals surface area contributed by atoms with Crippen molar-refractivity contribution in [1.29, 1.82) is 0 Å². The Morgan fingerprint density at radius 3 is 2.23 bits per heavy atom. The van der Waals surface area contributed by atoms with Gasteiger partial charge in [0.2, 0.25) is 0 Å². The van der Waals surface area contributed by atoms with E-state index in [0.29, 0.717) is 5.02 Å². The molecule has 0 spiro atoms. The van der Waals surface area contributed by atoms with E-state index in [-0.39, 0.29) is 6.10 Å². The molecule has 72 valence electrons. The van der Waals surface area contributed by atoms with E-state index in [1.165, 1.54) is 0 Å². The molecule has 1 aromatic rings. The fourth-order valence-corrected chi connectivity index (χ4v) is 0.952. The van der Waals surface area contributed by atoms with Gasteiger partial charge in [0.15, 0.2) is 0 Å². The van der Waals surface area contributed by atoms with Gasteiger partial charge in [-0.25, -0.2) is 0 Å². The molecule has 2 atom stereocenters. The van der Waals surface area contributed by atoms with Gasteiger partial charge in [0, 0.05) is 5.02 Å². The molecule has 0 saturated carbocycles. The molecular formula is C10H13ClO2. The van der Waals surface area contributed by atoms with Gasteiger partial charge in [-0.05, 0) is 38.1 Å². The van der Waals surface area contributed by atoms with Gasteiger partial charge >= 0.3 is 0 Å². The third-order valence-electron chi connectivity index (χ3n) is 1.81. The molecule has 2 nitrogen and oxygen atoms in total. The molecule has 13 heavy (non-hydrogen) atoms. The van der Waals surface area contributed by atoms with E-state index < -0.39 is 6.10 Å². The van der Waals surface area contributed by atoms with Gasteiger partial charge in [0.25, 0.3) is 0 Å². The number of rotatable bonds is 3. The van der Waals surface area contributed by atoms with Crippen LogP contribution in [0.25, 0.3) is 0 Å². The number of benzene rings is 1. The van der Waals surface area contributed by atoms with E-state index in [0.717, 1.165) is 5.75 Å². The molecule has 0 bridgehead atoms. The van der Waals surface area contributed by atoms with Crippen LogP contribution >= 0.6 is 11.6 Å². The maximum absolute atomic E-state index is 9.19. The zero-order chi connectivity index (χ0) is 9.84. The van der Waals surface area contributed by atoms with Gasteiger partial charge in [-0.3, -0.25) is 0 Å². The van der Waals surface area contributed by atoms with Crippen LogP contribution in [0.3, 0.4) is 0 Å². The van der Waals surface area contributed by atoms with Crippen molar-refractivity contribution in [1.82, 2.24) is 0 Å².